The molecule has 1 atom stereocenters. The Morgan fingerprint density at radius 3 is 1.93 bits per heavy atom. The van der Waals surface area contributed by atoms with Gasteiger partial charge < -0.3 is 10.2 Å². The highest BCUT2D eigenvalue weighted by atomic mass is 15.1. The standard InChI is InChI=1S/C14H25BN2.C4H8.C3H6.2C2H6/c1-6-17(5)10-13(15-3)12-9-11(2)7-8-14(12)16-4;1-3-4-2;1-3-2;2*1-2/h7-9,13,15-16H,6,10H2,1-5H3;3H,1,4H2,2H3;3H,1H2,2H3;2*1-2H3/t13-;;;;/m0..../s1. The lowest BCUT2D eigenvalue weighted by atomic mass is 9.63. The predicted molar refractivity (Wildman–Crippen MR) is 139 cm³/mol. The van der Waals surface area contributed by atoms with Crippen LogP contribution in [0, 0.1) is 6.92 Å². The van der Waals surface area contributed by atoms with E-state index in [0.717, 1.165) is 19.5 Å². The molecule has 28 heavy (non-hydrogen) atoms. The van der Waals surface area contributed by atoms with Crippen molar-refractivity contribution in [1.82, 2.24) is 4.90 Å². The Morgan fingerprint density at radius 2 is 1.61 bits per heavy atom. The van der Waals surface area contributed by atoms with Gasteiger partial charge in [-0.3, -0.25) is 0 Å². The van der Waals surface area contributed by atoms with Crippen LogP contribution in [0.1, 0.15) is 71.8 Å². The summed E-state index contributed by atoms with van der Waals surface area (Å²) in [5.74, 6) is 0.613. The summed E-state index contributed by atoms with van der Waals surface area (Å²) in [5.41, 5.74) is 4.07. The van der Waals surface area contributed by atoms with E-state index in [9.17, 15) is 0 Å². The summed E-state index contributed by atoms with van der Waals surface area (Å²) in [6.45, 7) is 27.7. The van der Waals surface area contributed by atoms with Gasteiger partial charge in [-0.15, -0.1) is 13.2 Å². The van der Waals surface area contributed by atoms with Gasteiger partial charge in [-0.2, -0.15) is 0 Å². The zero-order chi connectivity index (χ0) is 23.0. The van der Waals surface area contributed by atoms with Crippen LogP contribution in [-0.2, 0) is 0 Å². The zero-order valence-corrected chi connectivity index (χ0v) is 21.2. The molecular weight excluding hydrogens is 339 g/mol. The second-order valence-corrected chi connectivity index (χ2v) is 5.91. The van der Waals surface area contributed by atoms with Gasteiger partial charge in [0, 0.05) is 12.7 Å². The largest absolute Gasteiger partial charge is 0.388 e. The van der Waals surface area contributed by atoms with Gasteiger partial charge >= 0.3 is 0 Å². The van der Waals surface area contributed by atoms with Crippen LogP contribution in [0.5, 0.6) is 0 Å². The Labute approximate surface area is 179 Å². The summed E-state index contributed by atoms with van der Waals surface area (Å²) in [7, 11) is 5.38. The third-order valence-corrected chi connectivity index (χ3v) is 3.77. The number of likely N-dealkylation sites (N-methyl/N-ethyl adjacent to an activating group) is 1. The molecule has 0 fully saturated rings. The molecule has 164 valence electrons. The molecule has 2 nitrogen and oxygen atoms in total. The number of rotatable bonds is 7. The van der Waals surface area contributed by atoms with Crippen LogP contribution in [0.2, 0.25) is 6.82 Å². The summed E-state index contributed by atoms with van der Waals surface area (Å²) in [6.07, 6.45) is 4.71. The van der Waals surface area contributed by atoms with E-state index in [1.165, 1.54) is 24.1 Å². The van der Waals surface area contributed by atoms with E-state index in [4.69, 9.17) is 0 Å². The number of anilines is 1. The number of hydrogen-bond donors (Lipinski definition) is 1. The molecule has 0 bridgehead atoms. The first kappa shape index (κ1) is 34.1. The van der Waals surface area contributed by atoms with Crippen LogP contribution in [0.25, 0.3) is 0 Å². The highest BCUT2D eigenvalue weighted by Gasteiger charge is 2.15. The Bertz CT molecular complexity index is 444. The van der Waals surface area contributed by atoms with Crippen molar-refractivity contribution in [3.05, 3.63) is 54.6 Å². The number of nitrogens with one attached hydrogen (secondary N) is 1. The van der Waals surface area contributed by atoms with Crippen LogP contribution < -0.4 is 5.32 Å². The predicted octanol–water partition coefficient (Wildman–Crippen LogP) is 7.34. The fourth-order valence-electron chi connectivity index (χ4n) is 2.20. The molecule has 0 unspecified atom stereocenters. The molecule has 0 aliphatic carbocycles. The van der Waals surface area contributed by atoms with E-state index < -0.39 is 0 Å². The molecule has 0 saturated carbocycles. The van der Waals surface area contributed by atoms with Crippen molar-refractivity contribution in [2.24, 2.45) is 0 Å². The molecule has 0 amide bonds. The quantitative estimate of drug-likeness (QED) is 0.387. The molecule has 0 spiro atoms. The van der Waals surface area contributed by atoms with Crippen LogP contribution in [0.3, 0.4) is 0 Å². The summed E-state index contributed by atoms with van der Waals surface area (Å²) < 4.78 is 0. The highest BCUT2D eigenvalue weighted by molar-refractivity contribution is 6.36. The molecule has 0 aliphatic rings. The SMILES string of the molecule is C=CC.C=CCC.CB[C@@H](CN(C)CC)c1cc(C)ccc1NC.CC.CC. The lowest BCUT2D eigenvalue weighted by Crippen LogP contribution is -2.27. The van der Waals surface area contributed by atoms with Crippen molar-refractivity contribution in [2.45, 2.75) is 74.5 Å². The van der Waals surface area contributed by atoms with Crippen LogP contribution in [0.4, 0.5) is 5.69 Å². The average molecular weight is 391 g/mol. The minimum atomic E-state index is 0.613. The topological polar surface area (TPSA) is 15.3 Å². The molecule has 1 rings (SSSR count). The molecule has 0 radical (unpaired) electrons. The number of hydrogen-bond acceptors (Lipinski definition) is 2. The summed E-state index contributed by atoms with van der Waals surface area (Å²) in [6, 6.07) is 6.69. The van der Waals surface area contributed by atoms with E-state index in [2.05, 4.69) is 76.2 Å². The smallest absolute Gasteiger partial charge is 0.128 e. The summed E-state index contributed by atoms with van der Waals surface area (Å²) in [5, 5.41) is 3.31. The zero-order valence-electron chi connectivity index (χ0n) is 21.2. The number of benzene rings is 1. The molecule has 0 aromatic heterocycles. The maximum absolute atomic E-state index is 3.48. The van der Waals surface area contributed by atoms with Crippen molar-refractivity contribution < 1.29 is 0 Å². The lowest BCUT2D eigenvalue weighted by molar-refractivity contribution is 0.352. The van der Waals surface area contributed by atoms with E-state index in [-0.39, 0.29) is 0 Å². The van der Waals surface area contributed by atoms with Gasteiger partial charge in [-0.25, -0.2) is 0 Å². The third-order valence-electron chi connectivity index (χ3n) is 3.77. The van der Waals surface area contributed by atoms with Gasteiger partial charge in [0.15, 0.2) is 0 Å². The molecule has 3 heteroatoms. The molecule has 1 aromatic rings. The first-order valence-electron chi connectivity index (χ1n) is 11.1. The minimum Gasteiger partial charge on any atom is -0.388 e. The third kappa shape index (κ3) is 19.3. The van der Waals surface area contributed by atoms with E-state index in [0.29, 0.717) is 5.82 Å². The van der Waals surface area contributed by atoms with Gasteiger partial charge in [0.05, 0.1) is 0 Å². The van der Waals surface area contributed by atoms with Crippen molar-refractivity contribution in [1.29, 1.82) is 0 Å². The minimum absolute atomic E-state index is 0.613. The molecule has 1 N–H and O–H groups in total. The van der Waals surface area contributed by atoms with Crippen LogP contribution >= 0.6 is 0 Å². The molecule has 0 saturated heterocycles. The number of aryl methyl sites for hydroxylation is 1. The maximum atomic E-state index is 3.48. The number of nitrogens with zero attached hydrogens (tertiary/aromatic N) is 1. The summed E-state index contributed by atoms with van der Waals surface area (Å²) >= 11 is 0. The fourth-order valence-corrected chi connectivity index (χ4v) is 2.20. The summed E-state index contributed by atoms with van der Waals surface area (Å²) in [4.78, 5) is 2.38. The van der Waals surface area contributed by atoms with Crippen molar-refractivity contribution >= 4 is 13.0 Å². The number of allylic oxidation sites excluding steroid dienone is 2. The second kappa shape index (κ2) is 27.7. The first-order chi connectivity index (χ1) is 13.4. The Hall–Kier alpha value is -1.48. The van der Waals surface area contributed by atoms with E-state index in [1.807, 2.05) is 47.7 Å². The maximum Gasteiger partial charge on any atom is 0.128 e. The molecular formula is C25H51BN2. The van der Waals surface area contributed by atoms with E-state index >= 15 is 0 Å². The Morgan fingerprint density at radius 1 is 1.14 bits per heavy atom. The monoisotopic (exact) mass is 390 g/mol. The first-order valence-corrected chi connectivity index (χ1v) is 11.1. The van der Waals surface area contributed by atoms with Gasteiger partial charge in [0.2, 0.25) is 0 Å². The average Bonchev–Trinajstić information content (AvgIpc) is 2.75. The van der Waals surface area contributed by atoms with Gasteiger partial charge in [0.1, 0.15) is 7.28 Å². The van der Waals surface area contributed by atoms with Gasteiger partial charge in [-0.1, -0.05) is 78.2 Å². The lowest BCUT2D eigenvalue weighted by Gasteiger charge is -2.24. The van der Waals surface area contributed by atoms with Gasteiger partial charge in [-0.05, 0) is 57.9 Å². The normalized spacial score (nSPS) is 9.43. The molecule has 0 heterocycles. The van der Waals surface area contributed by atoms with Crippen LogP contribution in [0.15, 0.2) is 43.5 Å². The van der Waals surface area contributed by atoms with Crippen molar-refractivity contribution in [3.8, 4) is 0 Å². The van der Waals surface area contributed by atoms with Crippen molar-refractivity contribution in [3.63, 3.8) is 0 Å². The fraction of sp³-hybridized carbons (Fsp3) is 0.600. The Kier molecular flexibility index (Phi) is 33.7. The van der Waals surface area contributed by atoms with Gasteiger partial charge in [0.25, 0.3) is 0 Å². The van der Waals surface area contributed by atoms with Crippen LogP contribution in [-0.4, -0.2) is 39.4 Å². The van der Waals surface area contributed by atoms with E-state index in [1.54, 1.807) is 6.08 Å². The molecule has 0 aliphatic heterocycles. The Balaban J connectivity index is -0.000000219. The van der Waals surface area contributed by atoms with Crippen molar-refractivity contribution in [2.75, 3.05) is 32.5 Å². The molecule has 1 aromatic carbocycles. The second-order valence-electron chi connectivity index (χ2n) is 5.91. The highest BCUT2D eigenvalue weighted by Crippen LogP contribution is 2.25.